The van der Waals surface area contributed by atoms with Crippen molar-refractivity contribution in [2.75, 3.05) is 11.4 Å². The Kier molecular flexibility index (Phi) is 3.05. The summed E-state index contributed by atoms with van der Waals surface area (Å²) in [5.41, 5.74) is 1.91. The molecule has 2 heteroatoms. The van der Waals surface area contributed by atoms with Gasteiger partial charge < -0.3 is 4.90 Å². The first kappa shape index (κ1) is 10.2. The monoisotopic (exact) mass is 203 g/mol. The highest BCUT2D eigenvalue weighted by Gasteiger charge is 2.20. The molecule has 1 aromatic carbocycles. The fourth-order valence-corrected chi connectivity index (χ4v) is 2.30. The summed E-state index contributed by atoms with van der Waals surface area (Å²) in [6.07, 6.45) is 4.72. The Morgan fingerprint density at radius 1 is 1.33 bits per heavy atom. The van der Waals surface area contributed by atoms with Gasteiger partial charge in [0.25, 0.3) is 0 Å². The summed E-state index contributed by atoms with van der Waals surface area (Å²) >= 11 is 0. The summed E-state index contributed by atoms with van der Waals surface area (Å²) in [5.74, 6) is 0. The van der Waals surface area contributed by atoms with Gasteiger partial charge in [-0.25, -0.2) is 0 Å². The molecule has 0 aliphatic carbocycles. The van der Waals surface area contributed by atoms with E-state index in [9.17, 15) is 4.79 Å². The number of carbonyl (C=O) groups excluding carboxylic acids is 1. The van der Waals surface area contributed by atoms with Crippen LogP contribution in [0.3, 0.4) is 0 Å². The van der Waals surface area contributed by atoms with Crippen molar-refractivity contribution >= 4 is 12.0 Å². The number of nitrogens with zero attached hydrogens (tertiary/aromatic N) is 1. The highest BCUT2D eigenvalue weighted by molar-refractivity contribution is 5.84. The highest BCUT2D eigenvalue weighted by atomic mass is 16.1. The van der Waals surface area contributed by atoms with Crippen LogP contribution in [0.25, 0.3) is 0 Å². The molecule has 80 valence electrons. The molecule has 0 spiro atoms. The lowest BCUT2D eigenvalue weighted by atomic mass is 10.0. The van der Waals surface area contributed by atoms with Gasteiger partial charge in [0.05, 0.1) is 0 Å². The van der Waals surface area contributed by atoms with Gasteiger partial charge in [-0.15, -0.1) is 0 Å². The number of benzene rings is 1. The zero-order valence-corrected chi connectivity index (χ0v) is 9.15. The second-order valence-electron chi connectivity index (χ2n) is 4.21. The van der Waals surface area contributed by atoms with Gasteiger partial charge in [-0.3, -0.25) is 4.79 Å². The van der Waals surface area contributed by atoms with Gasteiger partial charge >= 0.3 is 0 Å². The number of aldehydes is 1. The van der Waals surface area contributed by atoms with Crippen molar-refractivity contribution in [3.8, 4) is 0 Å². The first-order valence-corrected chi connectivity index (χ1v) is 5.64. The fourth-order valence-electron chi connectivity index (χ4n) is 2.30. The standard InChI is InChI=1S/C13H17NO/c1-11-6-4-5-9-14(11)13-8-3-2-7-12(13)10-15/h2-3,7-8,10-11H,4-6,9H2,1H3. The molecule has 0 bridgehead atoms. The topological polar surface area (TPSA) is 20.3 Å². The van der Waals surface area contributed by atoms with Crippen LogP contribution < -0.4 is 4.90 Å². The van der Waals surface area contributed by atoms with Crippen molar-refractivity contribution in [1.29, 1.82) is 0 Å². The van der Waals surface area contributed by atoms with Crippen LogP contribution >= 0.6 is 0 Å². The molecule has 0 aromatic heterocycles. The molecule has 0 N–H and O–H groups in total. The maximum absolute atomic E-state index is 10.9. The maximum atomic E-state index is 10.9. The SMILES string of the molecule is CC1CCCCN1c1ccccc1C=O. The number of piperidine rings is 1. The molecule has 0 saturated carbocycles. The Morgan fingerprint density at radius 3 is 2.87 bits per heavy atom. The van der Waals surface area contributed by atoms with E-state index in [4.69, 9.17) is 0 Å². The summed E-state index contributed by atoms with van der Waals surface area (Å²) in [7, 11) is 0. The van der Waals surface area contributed by atoms with Crippen molar-refractivity contribution in [3.63, 3.8) is 0 Å². The van der Waals surface area contributed by atoms with Gasteiger partial charge in [0, 0.05) is 23.8 Å². The van der Waals surface area contributed by atoms with Crippen LogP contribution in [0.4, 0.5) is 5.69 Å². The summed E-state index contributed by atoms with van der Waals surface area (Å²) in [5, 5.41) is 0. The molecule has 1 atom stereocenters. The Morgan fingerprint density at radius 2 is 2.13 bits per heavy atom. The van der Waals surface area contributed by atoms with Crippen LogP contribution in [0.1, 0.15) is 36.5 Å². The predicted molar refractivity (Wildman–Crippen MR) is 62.5 cm³/mol. The van der Waals surface area contributed by atoms with Crippen molar-refractivity contribution in [2.45, 2.75) is 32.2 Å². The van der Waals surface area contributed by atoms with Crippen LogP contribution in [0.2, 0.25) is 0 Å². The minimum Gasteiger partial charge on any atom is -0.368 e. The average Bonchev–Trinajstić information content (AvgIpc) is 2.30. The van der Waals surface area contributed by atoms with Crippen molar-refractivity contribution in [1.82, 2.24) is 0 Å². The first-order valence-electron chi connectivity index (χ1n) is 5.64. The number of rotatable bonds is 2. The molecular weight excluding hydrogens is 186 g/mol. The number of hydrogen-bond acceptors (Lipinski definition) is 2. The van der Waals surface area contributed by atoms with Crippen LogP contribution in [0, 0.1) is 0 Å². The van der Waals surface area contributed by atoms with Crippen LogP contribution in [-0.2, 0) is 0 Å². The second kappa shape index (κ2) is 4.47. The molecule has 1 unspecified atom stereocenters. The Hall–Kier alpha value is -1.31. The van der Waals surface area contributed by atoms with E-state index in [2.05, 4.69) is 11.8 Å². The Balaban J connectivity index is 2.30. The molecule has 1 aromatic rings. The molecule has 2 rings (SSSR count). The molecule has 0 amide bonds. The van der Waals surface area contributed by atoms with Crippen molar-refractivity contribution < 1.29 is 4.79 Å². The zero-order chi connectivity index (χ0) is 10.7. The molecular formula is C13H17NO. The van der Waals surface area contributed by atoms with E-state index in [1.807, 2.05) is 24.3 Å². The van der Waals surface area contributed by atoms with Crippen molar-refractivity contribution in [3.05, 3.63) is 29.8 Å². The molecule has 1 fully saturated rings. The number of hydrogen-bond donors (Lipinski definition) is 0. The van der Waals surface area contributed by atoms with E-state index in [-0.39, 0.29) is 0 Å². The third-order valence-corrected chi connectivity index (χ3v) is 3.18. The van der Waals surface area contributed by atoms with Gasteiger partial charge in [0.15, 0.2) is 6.29 Å². The fraction of sp³-hybridized carbons (Fsp3) is 0.462. The summed E-state index contributed by atoms with van der Waals surface area (Å²) in [6.45, 7) is 3.31. The Bertz CT molecular complexity index is 348. The van der Waals surface area contributed by atoms with E-state index in [0.29, 0.717) is 6.04 Å². The van der Waals surface area contributed by atoms with Crippen molar-refractivity contribution in [2.24, 2.45) is 0 Å². The lowest BCUT2D eigenvalue weighted by molar-refractivity contribution is 0.112. The van der Waals surface area contributed by atoms with E-state index in [1.54, 1.807) is 0 Å². The summed E-state index contributed by atoms with van der Waals surface area (Å²) in [4.78, 5) is 13.3. The lowest BCUT2D eigenvalue weighted by Gasteiger charge is -2.36. The molecule has 1 aliphatic rings. The van der Waals surface area contributed by atoms with E-state index in [1.165, 1.54) is 19.3 Å². The number of carbonyl (C=O) groups is 1. The van der Waals surface area contributed by atoms with Crippen LogP contribution in [0.15, 0.2) is 24.3 Å². The van der Waals surface area contributed by atoms with Crippen LogP contribution in [0.5, 0.6) is 0 Å². The number of anilines is 1. The third-order valence-electron chi connectivity index (χ3n) is 3.18. The smallest absolute Gasteiger partial charge is 0.152 e. The van der Waals surface area contributed by atoms with E-state index in [0.717, 1.165) is 24.1 Å². The van der Waals surface area contributed by atoms with Gasteiger partial charge in [0.2, 0.25) is 0 Å². The van der Waals surface area contributed by atoms with E-state index < -0.39 is 0 Å². The largest absolute Gasteiger partial charge is 0.368 e. The number of para-hydroxylation sites is 1. The van der Waals surface area contributed by atoms with Gasteiger partial charge in [-0.1, -0.05) is 12.1 Å². The van der Waals surface area contributed by atoms with Gasteiger partial charge in [-0.05, 0) is 38.3 Å². The third kappa shape index (κ3) is 2.04. The highest BCUT2D eigenvalue weighted by Crippen LogP contribution is 2.26. The quantitative estimate of drug-likeness (QED) is 0.689. The maximum Gasteiger partial charge on any atom is 0.152 e. The molecule has 1 heterocycles. The lowest BCUT2D eigenvalue weighted by Crippen LogP contribution is -2.37. The molecule has 1 aliphatic heterocycles. The molecule has 0 radical (unpaired) electrons. The average molecular weight is 203 g/mol. The summed E-state index contributed by atoms with van der Waals surface area (Å²) < 4.78 is 0. The normalized spacial score (nSPS) is 21.4. The van der Waals surface area contributed by atoms with E-state index >= 15 is 0 Å². The predicted octanol–water partition coefficient (Wildman–Crippen LogP) is 2.88. The zero-order valence-electron chi connectivity index (χ0n) is 9.15. The second-order valence-corrected chi connectivity index (χ2v) is 4.21. The summed E-state index contributed by atoms with van der Waals surface area (Å²) in [6, 6.07) is 8.42. The van der Waals surface area contributed by atoms with Gasteiger partial charge in [0.1, 0.15) is 0 Å². The minimum absolute atomic E-state index is 0.555. The Labute approximate surface area is 90.9 Å². The first-order chi connectivity index (χ1) is 7.33. The van der Waals surface area contributed by atoms with Gasteiger partial charge in [-0.2, -0.15) is 0 Å². The minimum atomic E-state index is 0.555. The molecule has 1 saturated heterocycles. The molecule has 2 nitrogen and oxygen atoms in total. The molecule has 15 heavy (non-hydrogen) atoms. The van der Waals surface area contributed by atoms with Crippen LogP contribution in [-0.4, -0.2) is 18.9 Å².